The van der Waals surface area contributed by atoms with E-state index in [2.05, 4.69) is 15.6 Å². The standard InChI is InChI=1S/C18H12Cl2FN3O/c19-12-6-13(20)8-16(7-12)23-17-5-11(9-22-10-17)18(25)24-15-3-1-14(21)2-4-15/h1-10,23H,(H,24,25). The van der Waals surface area contributed by atoms with Gasteiger partial charge >= 0.3 is 0 Å². The van der Waals surface area contributed by atoms with Crippen molar-refractivity contribution in [3.05, 3.63) is 82.4 Å². The van der Waals surface area contributed by atoms with E-state index in [0.29, 0.717) is 32.7 Å². The molecule has 0 aliphatic carbocycles. The number of amides is 1. The molecule has 0 bridgehead atoms. The van der Waals surface area contributed by atoms with Crippen molar-refractivity contribution >= 4 is 46.2 Å². The van der Waals surface area contributed by atoms with Crippen molar-refractivity contribution in [1.82, 2.24) is 4.98 Å². The van der Waals surface area contributed by atoms with Gasteiger partial charge in [0.1, 0.15) is 5.82 Å². The molecule has 2 N–H and O–H groups in total. The third-order valence-corrected chi connectivity index (χ3v) is 3.69. The summed E-state index contributed by atoms with van der Waals surface area (Å²) >= 11 is 11.9. The summed E-state index contributed by atoms with van der Waals surface area (Å²) in [6.07, 6.45) is 3.01. The van der Waals surface area contributed by atoms with Gasteiger partial charge in [-0.1, -0.05) is 23.2 Å². The van der Waals surface area contributed by atoms with Gasteiger partial charge < -0.3 is 10.6 Å². The predicted molar refractivity (Wildman–Crippen MR) is 98.3 cm³/mol. The zero-order valence-corrected chi connectivity index (χ0v) is 14.3. The summed E-state index contributed by atoms with van der Waals surface area (Å²) in [6, 6.07) is 12.2. The van der Waals surface area contributed by atoms with Crippen molar-refractivity contribution in [1.29, 1.82) is 0 Å². The molecule has 7 heteroatoms. The number of nitrogens with one attached hydrogen (secondary N) is 2. The highest BCUT2D eigenvalue weighted by Gasteiger charge is 2.08. The molecule has 0 saturated heterocycles. The van der Waals surface area contributed by atoms with E-state index in [4.69, 9.17) is 23.2 Å². The fraction of sp³-hybridized carbons (Fsp3) is 0. The lowest BCUT2D eigenvalue weighted by atomic mass is 10.2. The quantitative estimate of drug-likeness (QED) is 0.630. The molecule has 0 atom stereocenters. The minimum absolute atomic E-state index is 0.349. The number of hydrogen-bond donors (Lipinski definition) is 2. The van der Waals surface area contributed by atoms with Crippen LogP contribution >= 0.6 is 23.2 Å². The fourth-order valence-corrected chi connectivity index (χ4v) is 2.69. The average molecular weight is 376 g/mol. The number of benzene rings is 2. The molecular weight excluding hydrogens is 364 g/mol. The van der Waals surface area contributed by atoms with Crippen LogP contribution in [0.2, 0.25) is 10.0 Å². The third kappa shape index (κ3) is 4.68. The first-order valence-electron chi connectivity index (χ1n) is 7.25. The van der Waals surface area contributed by atoms with Gasteiger partial charge in [0, 0.05) is 27.6 Å². The summed E-state index contributed by atoms with van der Waals surface area (Å²) in [5.74, 6) is -0.724. The van der Waals surface area contributed by atoms with E-state index in [-0.39, 0.29) is 11.7 Å². The number of nitrogens with zero attached hydrogens (tertiary/aromatic N) is 1. The molecule has 3 rings (SSSR count). The van der Waals surface area contributed by atoms with Gasteiger partial charge in [0.25, 0.3) is 5.91 Å². The SMILES string of the molecule is O=C(Nc1ccc(F)cc1)c1cncc(Nc2cc(Cl)cc(Cl)c2)c1. The summed E-state index contributed by atoms with van der Waals surface area (Å²) < 4.78 is 12.9. The summed E-state index contributed by atoms with van der Waals surface area (Å²) in [7, 11) is 0. The summed E-state index contributed by atoms with van der Waals surface area (Å²) in [6.45, 7) is 0. The number of aromatic nitrogens is 1. The monoisotopic (exact) mass is 375 g/mol. The second-order valence-electron chi connectivity index (χ2n) is 5.21. The Bertz CT molecular complexity index is 896. The van der Waals surface area contributed by atoms with Crippen LogP contribution in [0, 0.1) is 5.82 Å². The first-order chi connectivity index (χ1) is 12.0. The van der Waals surface area contributed by atoms with E-state index in [1.165, 1.54) is 30.5 Å². The molecule has 0 fully saturated rings. The number of halogens is 3. The van der Waals surface area contributed by atoms with Crippen LogP contribution in [0.5, 0.6) is 0 Å². The molecule has 2 aromatic carbocycles. The molecule has 3 aromatic rings. The van der Waals surface area contributed by atoms with Crippen LogP contribution in [0.1, 0.15) is 10.4 Å². The van der Waals surface area contributed by atoms with E-state index in [0.717, 1.165) is 0 Å². The second kappa shape index (κ2) is 7.51. The highest BCUT2D eigenvalue weighted by atomic mass is 35.5. The van der Waals surface area contributed by atoms with Crippen LogP contribution in [0.3, 0.4) is 0 Å². The van der Waals surface area contributed by atoms with Crippen molar-refractivity contribution in [3.8, 4) is 0 Å². The Labute approximate surface area is 153 Å². The Morgan fingerprint density at radius 1 is 0.880 bits per heavy atom. The van der Waals surface area contributed by atoms with Crippen LogP contribution in [0.25, 0.3) is 0 Å². The molecule has 0 saturated carbocycles. The molecule has 1 aromatic heterocycles. The van der Waals surface area contributed by atoms with E-state index in [1.807, 2.05) is 0 Å². The first-order valence-corrected chi connectivity index (χ1v) is 8.00. The predicted octanol–water partition coefficient (Wildman–Crippen LogP) is 5.52. The molecule has 0 radical (unpaired) electrons. The molecule has 1 amide bonds. The molecule has 126 valence electrons. The van der Waals surface area contributed by atoms with Gasteiger partial charge in [0.2, 0.25) is 0 Å². The Hall–Kier alpha value is -2.63. The zero-order valence-electron chi connectivity index (χ0n) is 12.8. The number of carbonyl (C=O) groups is 1. The van der Waals surface area contributed by atoms with Crippen molar-refractivity contribution < 1.29 is 9.18 Å². The molecule has 0 aliphatic rings. The summed E-state index contributed by atoms with van der Waals surface area (Å²) in [5, 5.41) is 6.76. The van der Waals surface area contributed by atoms with E-state index >= 15 is 0 Å². The number of carbonyl (C=O) groups excluding carboxylic acids is 1. The van der Waals surface area contributed by atoms with Crippen LogP contribution in [0.4, 0.5) is 21.5 Å². The maximum absolute atomic E-state index is 12.9. The average Bonchev–Trinajstić information content (AvgIpc) is 2.56. The highest BCUT2D eigenvalue weighted by molar-refractivity contribution is 6.35. The Kier molecular flexibility index (Phi) is 5.16. The van der Waals surface area contributed by atoms with Gasteiger partial charge in [-0.05, 0) is 48.5 Å². The number of rotatable bonds is 4. The molecule has 25 heavy (non-hydrogen) atoms. The van der Waals surface area contributed by atoms with E-state index in [1.54, 1.807) is 30.5 Å². The normalized spacial score (nSPS) is 10.4. The first kappa shape index (κ1) is 17.2. The lowest BCUT2D eigenvalue weighted by Gasteiger charge is -2.09. The lowest BCUT2D eigenvalue weighted by Crippen LogP contribution is -2.12. The number of pyridine rings is 1. The topological polar surface area (TPSA) is 54.0 Å². The maximum Gasteiger partial charge on any atom is 0.257 e. The van der Waals surface area contributed by atoms with E-state index < -0.39 is 0 Å². The third-order valence-electron chi connectivity index (χ3n) is 3.25. The van der Waals surface area contributed by atoms with Crippen molar-refractivity contribution in [2.75, 3.05) is 10.6 Å². The molecule has 4 nitrogen and oxygen atoms in total. The maximum atomic E-state index is 12.9. The van der Waals surface area contributed by atoms with Gasteiger partial charge in [0.15, 0.2) is 0 Å². The largest absolute Gasteiger partial charge is 0.354 e. The number of anilines is 3. The second-order valence-corrected chi connectivity index (χ2v) is 6.08. The van der Waals surface area contributed by atoms with E-state index in [9.17, 15) is 9.18 Å². The molecule has 1 heterocycles. The fourth-order valence-electron chi connectivity index (χ4n) is 2.16. The molecule has 0 unspecified atom stereocenters. The van der Waals surface area contributed by atoms with Crippen LogP contribution in [0.15, 0.2) is 60.9 Å². The van der Waals surface area contributed by atoms with Crippen molar-refractivity contribution in [2.24, 2.45) is 0 Å². The van der Waals surface area contributed by atoms with Gasteiger partial charge in [-0.3, -0.25) is 9.78 Å². The molecule has 0 aliphatic heterocycles. The molecular formula is C18H12Cl2FN3O. The summed E-state index contributed by atoms with van der Waals surface area (Å²) in [4.78, 5) is 16.4. The minimum Gasteiger partial charge on any atom is -0.354 e. The van der Waals surface area contributed by atoms with Gasteiger partial charge in [0.05, 0.1) is 17.4 Å². The van der Waals surface area contributed by atoms with Crippen LogP contribution < -0.4 is 10.6 Å². The number of hydrogen-bond acceptors (Lipinski definition) is 3. The van der Waals surface area contributed by atoms with Gasteiger partial charge in [-0.15, -0.1) is 0 Å². The smallest absolute Gasteiger partial charge is 0.257 e. The van der Waals surface area contributed by atoms with Crippen molar-refractivity contribution in [2.45, 2.75) is 0 Å². The Morgan fingerprint density at radius 2 is 1.56 bits per heavy atom. The Balaban J connectivity index is 1.76. The highest BCUT2D eigenvalue weighted by Crippen LogP contribution is 2.25. The molecule has 0 spiro atoms. The zero-order chi connectivity index (χ0) is 17.8. The van der Waals surface area contributed by atoms with Crippen LogP contribution in [-0.2, 0) is 0 Å². The van der Waals surface area contributed by atoms with Gasteiger partial charge in [-0.25, -0.2) is 4.39 Å². The summed E-state index contributed by atoms with van der Waals surface area (Å²) in [5.41, 5.74) is 2.12. The van der Waals surface area contributed by atoms with Crippen molar-refractivity contribution in [3.63, 3.8) is 0 Å². The Morgan fingerprint density at radius 3 is 2.24 bits per heavy atom. The minimum atomic E-state index is -0.369. The lowest BCUT2D eigenvalue weighted by molar-refractivity contribution is 0.102. The van der Waals surface area contributed by atoms with Crippen LogP contribution in [-0.4, -0.2) is 10.9 Å². The van der Waals surface area contributed by atoms with Gasteiger partial charge in [-0.2, -0.15) is 0 Å².